The number of nitrogens with zero attached hydrogens (tertiary/aromatic N) is 2. The topological polar surface area (TPSA) is 81.5 Å². The summed E-state index contributed by atoms with van der Waals surface area (Å²) in [7, 11) is 0. The number of aryl methyl sites for hydroxylation is 2. The molecule has 6 nitrogen and oxygen atoms in total. The second-order valence-electron chi connectivity index (χ2n) is 13.7. The van der Waals surface area contributed by atoms with E-state index < -0.39 is 0 Å². The fourth-order valence-electron chi connectivity index (χ4n) is 4.85. The molecule has 0 aliphatic carbocycles. The Morgan fingerprint density at radius 2 is 1.16 bits per heavy atom. The Balaban J connectivity index is 0.000000277. The molecule has 45 heavy (non-hydrogen) atoms. The third-order valence-electron chi connectivity index (χ3n) is 6.77. The molecule has 0 bridgehead atoms. The van der Waals surface area contributed by atoms with Crippen LogP contribution in [-0.4, -0.2) is 38.0 Å². The number of ether oxygens (including phenoxy) is 1. The summed E-state index contributed by atoms with van der Waals surface area (Å²) in [5.41, 5.74) is 6.08. The van der Waals surface area contributed by atoms with Gasteiger partial charge in [-0.1, -0.05) is 126 Å². The zero-order valence-electron chi connectivity index (χ0n) is 28.5. The van der Waals surface area contributed by atoms with Crippen LogP contribution in [0.3, 0.4) is 0 Å². The van der Waals surface area contributed by atoms with Crippen LogP contribution in [0.25, 0.3) is 21.9 Å². The monoisotopic (exact) mass is 814 g/mol. The molecule has 4 aromatic rings. The molecule has 0 atom stereocenters. The van der Waals surface area contributed by atoms with Gasteiger partial charge in [0, 0.05) is 37.9 Å². The molecule has 9 heteroatoms. The Kier molecular flexibility index (Phi) is 17.0. The van der Waals surface area contributed by atoms with Crippen LogP contribution in [-0.2, 0) is 25.7 Å². The lowest BCUT2D eigenvalue weighted by Gasteiger charge is -2.16. The van der Waals surface area contributed by atoms with Crippen molar-refractivity contribution >= 4 is 69.7 Å². The van der Waals surface area contributed by atoms with Crippen molar-refractivity contribution < 1.29 is 18.9 Å². The number of hydrogen-bond donors (Lipinski definition) is 1. The first-order valence-electron chi connectivity index (χ1n) is 16.1. The summed E-state index contributed by atoms with van der Waals surface area (Å²) >= 11 is 9.99. The maximum absolute atomic E-state index is 9.89. The third-order valence-corrected chi connectivity index (χ3v) is 8.45. The molecule has 0 amide bonds. The van der Waals surface area contributed by atoms with Crippen LogP contribution in [0.4, 0.5) is 0 Å². The number of aromatic nitrogens is 2. The molecule has 0 saturated heterocycles. The second kappa shape index (κ2) is 19.3. The van der Waals surface area contributed by atoms with Gasteiger partial charge in [0.15, 0.2) is 11.2 Å². The van der Waals surface area contributed by atoms with E-state index in [4.69, 9.17) is 13.8 Å². The Morgan fingerprint density at radius 1 is 0.689 bits per heavy atom. The number of fused-ring (bicyclic) bond motifs is 2. The zero-order chi connectivity index (χ0) is 33.6. The minimum Gasteiger partial charge on any atom is -0.508 e. The summed E-state index contributed by atoms with van der Waals surface area (Å²) in [6.07, 6.45) is 7.80. The van der Waals surface area contributed by atoms with Gasteiger partial charge in [0.25, 0.3) is 0 Å². The molecule has 0 radical (unpaired) electrons. The number of benzene rings is 2. The number of rotatable bonds is 12. The predicted molar refractivity (Wildman–Crippen MR) is 200 cm³/mol. The first kappa shape index (κ1) is 39.6. The van der Waals surface area contributed by atoms with Crippen molar-refractivity contribution in [1.29, 1.82) is 0 Å². The van der Waals surface area contributed by atoms with E-state index in [9.17, 15) is 5.11 Å². The first-order chi connectivity index (χ1) is 21.3. The molecule has 2 heterocycles. The predicted octanol–water partition coefficient (Wildman–Crippen LogP) is 11.8. The molecular formula is C36H53Br3N2O4. The van der Waals surface area contributed by atoms with Gasteiger partial charge in [0.2, 0.25) is 0 Å². The first-order valence-corrected chi connectivity index (χ1v) is 19.5. The summed E-state index contributed by atoms with van der Waals surface area (Å²) in [6, 6.07) is 7.82. The minimum atomic E-state index is 0.173. The number of phenols is 1. The van der Waals surface area contributed by atoms with E-state index in [-0.39, 0.29) is 10.8 Å². The second-order valence-corrected chi connectivity index (χ2v) is 16.1. The van der Waals surface area contributed by atoms with Crippen LogP contribution in [0, 0.1) is 10.8 Å². The fourth-order valence-corrected chi connectivity index (χ4v) is 6.39. The zero-order valence-corrected chi connectivity index (χ0v) is 33.3. The van der Waals surface area contributed by atoms with Crippen molar-refractivity contribution in [2.24, 2.45) is 10.8 Å². The molecule has 2 aromatic heterocycles. The summed E-state index contributed by atoms with van der Waals surface area (Å²) in [4.78, 5) is 0. The molecule has 1 N–H and O–H groups in total. The van der Waals surface area contributed by atoms with E-state index in [1.165, 1.54) is 6.42 Å². The van der Waals surface area contributed by atoms with Gasteiger partial charge >= 0.3 is 0 Å². The largest absolute Gasteiger partial charge is 0.508 e. The van der Waals surface area contributed by atoms with E-state index >= 15 is 0 Å². The average Bonchev–Trinajstić information content (AvgIpc) is 3.55. The van der Waals surface area contributed by atoms with Crippen LogP contribution in [0.15, 0.2) is 33.3 Å². The van der Waals surface area contributed by atoms with Crippen LogP contribution < -0.4 is 4.74 Å². The van der Waals surface area contributed by atoms with Crippen LogP contribution in [0.1, 0.15) is 104 Å². The highest BCUT2D eigenvalue weighted by atomic mass is 79.9. The summed E-state index contributed by atoms with van der Waals surface area (Å²) < 4.78 is 17.1. The smallest absolute Gasteiger partial charge is 0.174 e. The maximum Gasteiger partial charge on any atom is 0.174 e. The fraction of sp³-hybridized carbons (Fsp3) is 0.611. The summed E-state index contributed by atoms with van der Waals surface area (Å²) in [6.45, 7) is 18.2. The van der Waals surface area contributed by atoms with Crippen LogP contribution >= 0.6 is 47.8 Å². The van der Waals surface area contributed by atoms with Gasteiger partial charge in [-0.05, 0) is 73.6 Å². The van der Waals surface area contributed by atoms with E-state index in [0.29, 0.717) is 5.75 Å². The van der Waals surface area contributed by atoms with Gasteiger partial charge < -0.3 is 18.9 Å². The number of halogens is 3. The van der Waals surface area contributed by atoms with Crippen LogP contribution in [0.5, 0.6) is 11.5 Å². The highest BCUT2D eigenvalue weighted by molar-refractivity contribution is 9.09. The molecule has 4 rings (SSSR count). The quantitative estimate of drug-likeness (QED) is 0.113. The molecule has 0 saturated carbocycles. The average molecular weight is 818 g/mol. The normalized spacial score (nSPS) is 11.7. The Labute approximate surface area is 295 Å². The summed E-state index contributed by atoms with van der Waals surface area (Å²) in [5.74, 6) is 1.25. The minimum absolute atomic E-state index is 0.173. The van der Waals surface area contributed by atoms with Gasteiger partial charge in [-0.15, -0.1) is 0 Å². The van der Waals surface area contributed by atoms with Crippen molar-refractivity contribution in [3.05, 3.63) is 46.8 Å². The molecule has 2 aromatic carbocycles. The SMILES string of the molecule is BrCCCBr.CCCc1c(O)ccc2c(CC(C)(C)C)noc12.CCCc1c(OCCCBr)ccc2c(CC(C)(C)C)noc12. The van der Waals surface area contributed by atoms with Crippen molar-refractivity contribution in [2.75, 3.05) is 22.6 Å². The number of aromatic hydroxyl groups is 1. The standard InChI is InChI=1S/C18H26BrNO2.C15H21NO2.C3H6Br2/c1-5-7-14-16(21-11-6-10-19)9-8-13-15(12-18(2,3)4)20-22-17(13)14;1-5-6-11-13(17)8-7-10-12(9-15(2,3)4)16-18-14(10)11;4-2-1-3-5/h8-9H,5-7,10-12H2,1-4H3;7-8,17H,5-6,9H2,1-4H3;1-3H2. The van der Waals surface area contributed by atoms with E-state index in [2.05, 4.69) is 126 Å². The molecule has 0 spiro atoms. The van der Waals surface area contributed by atoms with E-state index in [1.807, 2.05) is 6.07 Å². The van der Waals surface area contributed by atoms with Crippen LogP contribution in [0.2, 0.25) is 0 Å². The van der Waals surface area contributed by atoms with Gasteiger partial charge in [-0.2, -0.15) is 0 Å². The summed E-state index contributed by atoms with van der Waals surface area (Å²) in [5, 5.41) is 23.7. The molecule has 0 fully saturated rings. The Bertz CT molecular complexity index is 1430. The van der Waals surface area contributed by atoms with Gasteiger partial charge in [0.1, 0.15) is 11.5 Å². The molecule has 0 aliphatic heterocycles. The lowest BCUT2D eigenvalue weighted by molar-refractivity contribution is 0.315. The lowest BCUT2D eigenvalue weighted by atomic mass is 9.89. The van der Waals surface area contributed by atoms with Crippen molar-refractivity contribution in [3.63, 3.8) is 0 Å². The number of hydrogen-bond acceptors (Lipinski definition) is 6. The van der Waals surface area contributed by atoms with Gasteiger partial charge in [-0.3, -0.25) is 0 Å². The van der Waals surface area contributed by atoms with E-state index in [1.54, 1.807) is 6.07 Å². The van der Waals surface area contributed by atoms with Gasteiger partial charge in [0.05, 0.1) is 18.0 Å². The molecular weight excluding hydrogens is 764 g/mol. The van der Waals surface area contributed by atoms with E-state index in [0.717, 1.165) is 118 Å². The Hall–Kier alpha value is -1.58. The number of phenolic OH excluding ortho intramolecular Hbond substituents is 1. The lowest BCUT2D eigenvalue weighted by Crippen LogP contribution is -2.09. The maximum atomic E-state index is 9.89. The van der Waals surface area contributed by atoms with Crippen molar-refractivity contribution in [3.8, 4) is 11.5 Å². The highest BCUT2D eigenvalue weighted by Crippen LogP contribution is 2.34. The third kappa shape index (κ3) is 12.9. The molecule has 0 unspecified atom stereocenters. The van der Waals surface area contributed by atoms with Crippen molar-refractivity contribution in [2.45, 2.75) is 107 Å². The Morgan fingerprint density at radius 3 is 1.60 bits per heavy atom. The van der Waals surface area contributed by atoms with Crippen molar-refractivity contribution in [1.82, 2.24) is 10.3 Å². The molecule has 252 valence electrons. The van der Waals surface area contributed by atoms with Gasteiger partial charge in [-0.25, -0.2) is 0 Å². The number of alkyl halides is 3. The highest BCUT2D eigenvalue weighted by Gasteiger charge is 2.21. The molecule has 0 aliphatic rings.